The van der Waals surface area contributed by atoms with E-state index >= 15 is 0 Å². The summed E-state index contributed by atoms with van der Waals surface area (Å²) in [5.74, 6) is -1.43. The van der Waals surface area contributed by atoms with Gasteiger partial charge in [-0.1, -0.05) is 17.7 Å². The largest absolute Gasteiger partial charge is 0.327 e. The first kappa shape index (κ1) is 24.1. The van der Waals surface area contributed by atoms with Crippen LogP contribution in [0.4, 0.5) is 15.2 Å². The molecule has 0 aliphatic rings. The highest BCUT2D eigenvalue weighted by molar-refractivity contribution is 7.13. The number of nitrogens with one attached hydrogen (secondary N) is 2. The van der Waals surface area contributed by atoms with E-state index in [0.717, 1.165) is 5.56 Å². The average molecular weight is 469 g/mol. The molecule has 0 saturated carbocycles. The number of benzene rings is 2. The fraction of sp³-hybridized carbons (Fsp3) is 0.250. The molecule has 2 N–H and O–H groups in total. The third kappa shape index (κ3) is 6.95. The van der Waals surface area contributed by atoms with Crippen molar-refractivity contribution in [3.05, 3.63) is 76.5 Å². The molecule has 0 unspecified atom stereocenters. The fourth-order valence-corrected chi connectivity index (χ4v) is 3.74. The van der Waals surface area contributed by atoms with Crippen LogP contribution in [-0.2, 0) is 16.0 Å². The zero-order chi connectivity index (χ0) is 24.0. The molecule has 0 bridgehead atoms. The summed E-state index contributed by atoms with van der Waals surface area (Å²) in [5.41, 5.74) is 2.63. The Morgan fingerprint density at radius 2 is 1.67 bits per heavy atom. The van der Waals surface area contributed by atoms with Crippen LogP contribution in [0.2, 0.25) is 0 Å². The Morgan fingerprint density at radius 1 is 1.00 bits per heavy atom. The Balaban J connectivity index is 1.56. The summed E-state index contributed by atoms with van der Waals surface area (Å²) in [5, 5.41) is 7.53. The van der Waals surface area contributed by atoms with Crippen molar-refractivity contribution in [1.29, 1.82) is 0 Å². The molecule has 0 atom stereocenters. The minimum atomic E-state index is -0.437. The van der Waals surface area contributed by atoms with Gasteiger partial charge in [0, 0.05) is 22.7 Å². The number of thiazole rings is 1. The van der Waals surface area contributed by atoms with Crippen LogP contribution in [0.5, 0.6) is 0 Å². The van der Waals surface area contributed by atoms with E-state index in [2.05, 4.69) is 15.6 Å². The normalized spacial score (nSPS) is 10.7. The zero-order valence-corrected chi connectivity index (χ0v) is 19.4. The first-order valence-electron chi connectivity index (χ1n) is 10.4. The van der Waals surface area contributed by atoms with Crippen LogP contribution >= 0.6 is 11.3 Å². The number of carbonyl (C=O) groups excluding carboxylic acids is 3. The van der Waals surface area contributed by atoms with E-state index in [1.165, 1.54) is 40.5 Å². The first-order chi connectivity index (χ1) is 15.7. The Hall–Kier alpha value is -3.59. The Morgan fingerprint density at radius 3 is 2.30 bits per heavy atom. The predicted octanol–water partition coefficient (Wildman–Crippen LogP) is 4.26. The molecule has 1 heterocycles. The molecular weight excluding hydrogens is 443 g/mol. The molecule has 0 spiro atoms. The number of hydrogen-bond donors (Lipinski definition) is 2. The summed E-state index contributed by atoms with van der Waals surface area (Å²) in [7, 11) is 0. The number of nitrogens with zero attached hydrogens (tertiary/aromatic N) is 2. The molecule has 0 aliphatic heterocycles. The molecule has 2 aromatic carbocycles. The summed E-state index contributed by atoms with van der Waals surface area (Å²) in [6, 6.07) is 12.4. The van der Waals surface area contributed by atoms with Crippen molar-refractivity contribution in [2.24, 2.45) is 0 Å². The lowest BCUT2D eigenvalue weighted by Crippen LogP contribution is -2.42. The van der Waals surface area contributed by atoms with Crippen LogP contribution in [0.1, 0.15) is 35.5 Å². The second-order valence-corrected chi connectivity index (χ2v) is 8.67. The summed E-state index contributed by atoms with van der Waals surface area (Å²) in [6.07, 6.45) is 0.0709. The van der Waals surface area contributed by atoms with Crippen molar-refractivity contribution in [2.45, 2.75) is 33.2 Å². The Bertz CT molecular complexity index is 1130. The number of halogens is 1. The van der Waals surface area contributed by atoms with Gasteiger partial charge in [0.15, 0.2) is 5.13 Å². The van der Waals surface area contributed by atoms with E-state index in [1.807, 2.05) is 31.2 Å². The Labute approximate surface area is 195 Å². The van der Waals surface area contributed by atoms with Crippen LogP contribution in [0, 0.1) is 12.7 Å². The van der Waals surface area contributed by atoms with Crippen molar-refractivity contribution in [2.75, 3.05) is 17.2 Å². The van der Waals surface area contributed by atoms with Crippen molar-refractivity contribution in [3.63, 3.8) is 0 Å². The van der Waals surface area contributed by atoms with Crippen molar-refractivity contribution in [1.82, 2.24) is 9.88 Å². The molecule has 7 nitrogen and oxygen atoms in total. The van der Waals surface area contributed by atoms with Crippen molar-refractivity contribution >= 4 is 39.9 Å². The molecule has 3 aromatic rings. The first-order valence-corrected chi connectivity index (χ1v) is 11.3. The van der Waals surface area contributed by atoms with Gasteiger partial charge < -0.3 is 15.5 Å². The number of anilines is 2. The number of carbonyl (C=O) groups is 3. The van der Waals surface area contributed by atoms with Crippen LogP contribution in [0.3, 0.4) is 0 Å². The SMILES string of the molecule is Cc1ccc(NC(=O)Cc2csc(NC(=O)CN(C(=O)c3ccc(F)cc3)C(C)C)n2)cc1. The van der Waals surface area contributed by atoms with Gasteiger partial charge in [-0.3, -0.25) is 14.4 Å². The van der Waals surface area contributed by atoms with Crippen LogP contribution in [-0.4, -0.2) is 40.2 Å². The van der Waals surface area contributed by atoms with Gasteiger partial charge in [-0.2, -0.15) is 0 Å². The highest BCUT2D eigenvalue weighted by Crippen LogP contribution is 2.17. The second-order valence-electron chi connectivity index (χ2n) is 7.82. The number of amides is 3. The molecule has 1 aromatic heterocycles. The number of rotatable bonds is 8. The van der Waals surface area contributed by atoms with Gasteiger partial charge in [0.2, 0.25) is 11.8 Å². The predicted molar refractivity (Wildman–Crippen MR) is 127 cm³/mol. The maximum Gasteiger partial charge on any atom is 0.254 e. The molecule has 172 valence electrons. The quantitative estimate of drug-likeness (QED) is 0.517. The molecule has 3 rings (SSSR count). The van der Waals surface area contributed by atoms with Gasteiger partial charge in [-0.05, 0) is 57.2 Å². The summed E-state index contributed by atoms with van der Waals surface area (Å²) < 4.78 is 13.1. The molecule has 0 radical (unpaired) electrons. The standard InChI is InChI=1S/C24H25FN4O3S/c1-15(2)29(23(32)17-6-8-18(25)9-7-17)13-22(31)28-24-27-20(14-33-24)12-21(30)26-19-10-4-16(3)5-11-19/h4-11,14-15H,12-13H2,1-3H3,(H,26,30)(H,27,28,31). The molecule has 3 amide bonds. The van der Waals surface area contributed by atoms with Crippen molar-refractivity contribution in [3.8, 4) is 0 Å². The number of aromatic nitrogens is 1. The maximum absolute atomic E-state index is 13.1. The number of hydrogen-bond acceptors (Lipinski definition) is 5. The molecule has 9 heteroatoms. The molecule has 0 aliphatic carbocycles. The summed E-state index contributed by atoms with van der Waals surface area (Å²) in [4.78, 5) is 43.2. The Kier molecular flexibility index (Phi) is 7.89. The molecular formula is C24H25FN4O3S. The smallest absolute Gasteiger partial charge is 0.254 e. The van der Waals surface area contributed by atoms with Crippen molar-refractivity contribution < 1.29 is 18.8 Å². The van der Waals surface area contributed by atoms with Gasteiger partial charge in [0.1, 0.15) is 12.4 Å². The zero-order valence-electron chi connectivity index (χ0n) is 18.6. The lowest BCUT2D eigenvalue weighted by Gasteiger charge is -2.26. The fourth-order valence-electron chi connectivity index (χ4n) is 3.01. The van der Waals surface area contributed by atoms with E-state index in [0.29, 0.717) is 22.1 Å². The highest BCUT2D eigenvalue weighted by Gasteiger charge is 2.22. The monoisotopic (exact) mass is 468 g/mol. The lowest BCUT2D eigenvalue weighted by molar-refractivity contribution is -0.117. The van der Waals surface area contributed by atoms with Crippen LogP contribution in [0.15, 0.2) is 53.9 Å². The van der Waals surface area contributed by atoms with Gasteiger partial charge in [-0.15, -0.1) is 11.3 Å². The molecule has 33 heavy (non-hydrogen) atoms. The third-order valence-electron chi connectivity index (χ3n) is 4.76. The van der Waals surface area contributed by atoms with Crippen LogP contribution < -0.4 is 10.6 Å². The van der Waals surface area contributed by atoms with E-state index in [-0.39, 0.29) is 30.8 Å². The maximum atomic E-state index is 13.1. The van der Waals surface area contributed by atoms with Crippen LogP contribution in [0.25, 0.3) is 0 Å². The van der Waals surface area contributed by atoms with E-state index in [4.69, 9.17) is 0 Å². The van der Waals surface area contributed by atoms with Gasteiger partial charge >= 0.3 is 0 Å². The van der Waals surface area contributed by atoms with E-state index < -0.39 is 11.7 Å². The molecule has 0 fully saturated rings. The minimum absolute atomic E-state index is 0.0709. The lowest BCUT2D eigenvalue weighted by atomic mass is 10.1. The second kappa shape index (κ2) is 10.8. The third-order valence-corrected chi connectivity index (χ3v) is 5.57. The van der Waals surface area contributed by atoms with E-state index in [9.17, 15) is 18.8 Å². The van der Waals surface area contributed by atoms with E-state index in [1.54, 1.807) is 19.2 Å². The van der Waals surface area contributed by atoms with Gasteiger partial charge in [-0.25, -0.2) is 9.37 Å². The van der Waals surface area contributed by atoms with Gasteiger partial charge in [0.25, 0.3) is 5.91 Å². The average Bonchev–Trinajstić information content (AvgIpc) is 3.19. The number of aryl methyl sites for hydroxylation is 1. The van der Waals surface area contributed by atoms with Gasteiger partial charge in [0.05, 0.1) is 12.1 Å². The topological polar surface area (TPSA) is 91.4 Å². The minimum Gasteiger partial charge on any atom is -0.327 e. The summed E-state index contributed by atoms with van der Waals surface area (Å²) >= 11 is 1.20. The highest BCUT2D eigenvalue weighted by atomic mass is 32.1. The summed E-state index contributed by atoms with van der Waals surface area (Å²) in [6.45, 7) is 5.37. The molecule has 0 saturated heterocycles.